The van der Waals surface area contributed by atoms with E-state index < -0.39 is 23.3 Å². The van der Waals surface area contributed by atoms with Gasteiger partial charge in [0.05, 0.1) is 11.3 Å². The largest absolute Gasteiger partial charge is 0.446 e. The third kappa shape index (κ3) is 3.88. The second kappa shape index (κ2) is 7.80. The molecule has 0 saturated heterocycles. The Morgan fingerprint density at radius 3 is 2.75 bits per heavy atom. The Hall–Kier alpha value is -3.22. The van der Waals surface area contributed by atoms with Crippen LogP contribution in [0, 0.1) is 5.82 Å². The molecular formula is C15H13F4N5O4. The topological polar surface area (TPSA) is 108 Å². The van der Waals surface area contributed by atoms with Gasteiger partial charge in [-0.2, -0.15) is 13.2 Å². The minimum Gasteiger partial charge on any atom is -0.385 e. The predicted molar refractivity (Wildman–Crippen MR) is 85.3 cm³/mol. The predicted octanol–water partition coefficient (Wildman–Crippen LogP) is 2.48. The van der Waals surface area contributed by atoms with Crippen molar-refractivity contribution in [2.24, 2.45) is 0 Å². The van der Waals surface area contributed by atoms with Crippen molar-refractivity contribution in [3.05, 3.63) is 40.1 Å². The van der Waals surface area contributed by atoms with E-state index >= 15 is 0 Å². The summed E-state index contributed by atoms with van der Waals surface area (Å²) in [6, 6.07) is 2.04. The van der Waals surface area contributed by atoms with E-state index in [2.05, 4.69) is 29.9 Å². The van der Waals surface area contributed by atoms with Crippen LogP contribution >= 0.6 is 0 Å². The Kier molecular flexibility index (Phi) is 5.44. The van der Waals surface area contributed by atoms with E-state index in [1.54, 1.807) is 0 Å². The van der Waals surface area contributed by atoms with Gasteiger partial charge in [-0.1, -0.05) is 5.16 Å². The van der Waals surface area contributed by atoms with Gasteiger partial charge < -0.3 is 10.1 Å². The molecule has 3 rings (SSSR count). The van der Waals surface area contributed by atoms with Crippen molar-refractivity contribution >= 4 is 5.82 Å². The van der Waals surface area contributed by atoms with Crippen molar-refractivity contribution in [2.45, 2.75) is 12.6 Å². The number of hydrogen-bond donors (Lipinski definition) is 1. The summed E-state index contributed by atoms with van der Waals surface area (Å²) in [6.45, 7) is 0.879. The first kappa shape index (κ1) is 19.5. The molecular weight excluding hydrogens is 390 g/mol. The normalized spacial score (nSPS) is 11.8. The fourth-order valence-electron chi connectivity index (χ4n) is 2.37. The van der Waals surface area contributed by atoms with E-state index in [4.69, 9.17) is 4.74 Å². The van der Waals surface area contributed by atoms with Crippen LogP contribution in [0.5, 0.6) is 0 Å². The molecule has 3 aromatic rings. The molecule has 0 unspecified atom stereocenters. The average molecular weight is 403 g/mol. The minimum atomic E-state index is -4.95. The zero-order chi connectivity index (χ0) is 20.3. The van der Waals surface area contributed by atoms with E-state index in [1.165, 1.54) is 7.11 Å². The summed E-state index contributed by atoms with van der Waals surface area (Å²) >= 11 is 0. The molecule has 1 N–H and O–H groups in total. The average Bonchev–Trinajstić information content (AvgIpc) is 3.24. The Bertz CT molecular complexity index is 1010. The quantitative estimate of drug-likeness (QED) is 0.474. The lowest BCUT2D eigenvalue weighted by Crippen LogP contribution is -2.16. The maximum atomic E-state index is 13.5. The van der Waals surface area contributed by atoms with E-state index in [0.717, 1.165) is 6.07 Å². The van der Waals surface area contributed by atoms with Crippen molar-refractivity contribution in [3.8, 4) is 17.2 Å². The fraction of sp³-hybridized carbons (Fsp3) is 0.333. The SMILES string of the molecule is COCCCNc1nonc1-c1noc(=O)n1-c1ccc(F)c(C(F)(F)F)c1. The van der Waals surface area contributed by atoms with Crippen LogP contribution in [-0.2, 0) is 10.9 Å². The van der Waals surface area contributed by atoms with E-state index in [0.29, 0.717) is 36.3 Å². The number of benzene rings is 1. The van der Waals surface area contributed by atoms with Crippen LogP contribution in [0.4, 0.5) is 23.4 Å². The van der Waals surface area contributed by atoms with E-state index in [1.807, 2.05) is 0 Å². The van der Waals surface area contributed by atoms with Gasteiger partial charge in [0.2, 0.25) is 11.6 Å². The molecule has 0 atom stereocenters. The number of anilines is 1. The maximum Gasteiger partial charge on any atom is 0.446 e. The summed E-state index contributed by atoms with van der Waals surface area (Å²) in [4.78, 5) is 12.0. The first-order valence-corrected chi connectivity index (χ1v) is 7.84. The number of alkyl halides is 3. The molecule has 0 aliphatic heterocycles. The number of nitrogens with one attached hydrogen (secondary N) is 1. The highest BCUT2D eigenvalue weighted by Crippen LogP contribution is 2.33. The molecule has 0 aliphatic rings. The zero-order valence-electron chi connectivity index (χ0n) is 14.3. The molecule has 2 heterocycles. The molecule has 0 bridgehead atoms. The number of halogens is 4. The molecule has 13 heteroatoms. The van der Waals surface area contributed by atoms with Crippen molar-refractivity contribution in [3.63, 3.8) is 0 Å². The third-order valence-corrected chi connectivity index (χ3v) is 3.64. The van der Waals surface area contributed by atoms with Gasteiger partial charge >= 0.3 is 11.9 Å². The second-order valence-electron chi connectivity index (χ2n) is 5.50. The smallest absolute Gasteiger partial charge is 0.385 e. The van der Waals surface area contributed by atoms with Crippen molar-refractivity contribution in [2.75, 3.05) is 25.6 Å². The Morgan fingerprint density at radius 1 is 1.25 bits per heavy atom. The lowest BCUT2D eigenvalue weighted by molar-refractivity contribution is -0.140. The lowest BCUT2D eigenvalue weighted by atomic mass is 10.1. The number of nitrogens with zero attached hydrogens (tertiary/aromatic N) is 4. The van der Waals surface area contributed by atoms with E-state index in [9.17, 15) is 22.4 Å². The third-order valence-electron chi connectivity index (χ3n) is 3.64. The van der Waals surface area contributed by atoms with Crippen LogP contribution in [0.3, 0.4) is 0 Å². The van der Waals surface area contributed by atoms with Gasteiger partial charge in [0.15, 0.2) is 5.69 Å². The van der Waals surface area contributed by atoms with Crippen LogP contribution in [0.25, 0.3) is 17.2 Å². The minimum absolute atomic E-state index is 0.0684. The molecule has 2 aromatic heterocycles. The summed E-state index contributed by atoms with van der Waals surface area (Å²) in [7, 11) is 1.54. The van der Waals surface area contributed by atoms with Crippen molar-refractivity contribution < 1.29 is 31.5 Å². The summed E-state index contributed by atoms with van der Waals surface area (Å²) in [6.07, 6.45) is -4.34. The first-order chi connectivity index (χ1) is 13.3. The second-order valence-corrected chi connectivity index (χ2v) is 5.50. The number of hydrogen-bond acceptors (Lipinski definition) is 8. The van der Waals surface area contributed by atoms with Gasteiger partial charge in [-0.15, -0.1) is 0 Å². The first-order valence-electron chi connectivity index (χ1n) is 7.84. The Labute approximate surface area is 153 Å². The molecule has 0 amide bonds. The maximum absolute atomic E-state index is 13.5. The molecule has 0 fully saturated rings. The lowest BCUT2D eigenvalue weighted by Gasteiger charge is -2.10. The highest BCUT2D eigenvalue weighted by Gasteiger charge is 2.35. The summed E-state index contributed by atoms with van der Waals surface area (Å²) in [5, 5.41) is 13.6. The fourth-order valence-corrected chi connectivity index (χ4v) is 2.37. The van der Waals surface area contributed by atoms with Gasteiger partial charge in [-0.25, -0.2) is 18.4 Å². The molecule has 28 heavy (non-hydrogen) atoms. The standard InChI is InChI=1S/C15H13F4N5O4/c1-26-6-2-5-20-12-11(21-28-22-12)13-23-27-14(25)24(13)8-3-4-10(16)9(7-8)15(17,18)19/h3-4,7H,2,5-6H2,1H3,(H,20,22). The van der Waals surface area contributed by atoms with Gasteiger partial charge in [-0.05, 0) is 34.9 Å². The van der Waals surface area contributed by atoms with Gasteiger partial charge in [0.1, 0.15) is 5.82 Å². The van der Waals surface area contributed by atoms with Gasteiger partial charge in [-0.3, -0.25) is 4.52 Å². The highest BCUT2D eigenvalue weighted by atomic mass is 19.4. The van der Waals surface area contributed by atoms with Crippen LogP contribution in [0.1, 0.15) is 12.0 Å². The summed E-state index contributed by atoms with van der Waals surface area (Å²) in [5.41, 5.74) is -1.93. The molecule has 0 spiro atoms. The number of aromatic nitrogens is 4. The van der Waals surface area contributed by atoms with Crippen LogP contribution in [0.2, 0.25) is 0 Å². The van der Waals surface area contributed by atoms with Crippen molar-refractivity contribution in [1.29, 1.82) is 0 Å². The number of methoxy groups -OCH3 is 1. The molecule has 0 aliphatic carbocycles. The van der Waals surface area contributed by atoms with E-state index in [-0.39, 0.29) is 23.0 Å². The molecule has 0 saturated carbocycles. The number of rotatable bonds is 7. The summed E-state index contributed by atoms with van der Waals surface area (Å²) in [5.74, 6) is -2.74. The highest BCUT2D eigenvalue weighted by molar-refractivity contribution is 5.66. The molecule has 1 aromatic carbocycles. The van der Waals surface area contributed by atoms with Crippen LogP contribution in [-0.4, -0.2) is 40.3 Å². The zero-order valence-corrected chi connectivity index (χ0v) is 14.3. The Morgan fingerprint density at radius 2 is 2.04 bits per heavy atom. The number of ether oxygens (including phenoxy) is 1. The molecule has 150 valence electrons. The van der Waals surface area contributed by atoms with Crippen LogP contribution in [0.15, 0.2) is 32.1 Å². The molecule has 9 nitrogen and oxygen atoms in total. The van der Waals surface area contributed by atoms with Crippen molar-refractivity contribution in [1.82, 2.24) is 20.0 Å². The van der Waals surface area contributed by atoms with Crippen LogP contribution < -0.4 is 11.1 Å². The summed E-state index contributed by atoms with van der Waals surface area (Å²) < 4.78 is 67.3. The van der Waals surface area contributed by atoms with Gasteiger partial charge in [0.25, 0.3) is 0 Å². The monoisotopic (exact) mass is 403 g/mol. The van der Waals surface area contributed by atoms with Gasteiger partial charge in [0, 0.05) is 20.3 Å². The molecule has 0 radical (unpaired) electrons. The Balaban J connectivity index is 2.01.